The van der Waals surface area contributed by atoms with E-state index in [4.69, 9.17) is 0 Å². The Hall–Kier alpha value is -1.76. The zero-order valence-electron chi connectivity index (χ0n) is 17.3. The van der Waals surface area contributed by atoms with Gasteiger partial charge >= 0.3 is 0 Å². The van der Waals surface area contributed by atoms with Gasteiger partial charge in [-0.15, -0.1) is 6.58 Å². The largest absolute Gasteiger partial charge is 0.334 e. The molecule has 0 aliphatic carbocycles. The second-order valence-corrected chi connectivity index (χ2v) is 8.53. The number of nitrogens with zero attached hydrogens (tertiary/aromatic N) is 1. The number of aromatic nitrogens is 1. The van der Waals surface area contributed by atoms with E-state index in [1.807, 2.05) is 0 Å². The van der Waals surface area contributed by atoms with Gasteiger partial charge in [0.15, 0.2) is 0 Å². The molecule has 1 nitrogen and oxygen atoms in total. The zero-order valence-corrected chi connectivity index (χ0v) is 17.3. The Morgan fingerprint density at radius 3 is 1.96 bits per heavy atom. The Morgan fingerprint density at radius 1 is 1.04 bits per heavy atom. The highest BCUT2D eigenvalue weighted by Gasteiger charge is 2.15. The molecule has 0 fully saturated rings. The predicted molar refractivity (Wildman–Crippen MR) is 115 cm³/mol. The Kier molecular flexibility index (Phi) is 7.29. The third-order valence-corrected chi connectivity index (χ3v) is 4.55. The Bertz CT molecular complexity index is 840. The van der Waals surface area contributed by atoms with Gasteiger partial charge in [0.25, 0.3) is 0 Å². The summed E-state index contributed by atoms with van der Waals surface area (Å²) in [4.78, 5) is 0. The van der Waals surface area contributed by atoms with E-state index >= 15 is 0 Å². The molecule has 0 saturated heterocycles. The molecule has 25 heavy (non-hydrogen) atoms. The molecule has 0 aromatic carbocycles. The Balaban J connectivity index is 3.65. The normalized spacial score (nSPS) is 14.8. The van der Waals surface area contributed by atoms with Crippen LogP contribution in [0.5, 0.6) is 0 Å². The van der Waals surface area contributed by atoms with Crippen LogP contribution >= 0.6 is 0 Å². The van der Waals surface area contributed by atoms with Crippen molar-refractivity contribution in [2.24, 2.45) is 5.41 Å². The van der Waals surface area contributed by atoms with Gasteiger partial charge < -0.3 is 4.57 Å². The molecule has 1 unspecified atom stereocenters. The second kappa shape index (κ2) is 8.56. The Labute approximate surface area is 154 Å². The first kappa shape index (κ1) is 21.3. The summed E-state index contributed by atoms with van der Waals surface area (Å²) in [6.45, 7) is 30.3. The fourth-order valence-corrected chi connectivity index (χ4v) is 3.16. The maximum atomic E-state index is 4.42. The summed E-state index contributed by atoms with van der Waals surface area (Å²) in [6.07, 6.45) is 8.61. The SMILES string of the molecule is C=C(C)CCC(C(=C)C)n1c(=C)c(=C/CC)/c(=C\CC(C)(C)C)c1=C. The van der Waals surface area contributed by atoms with Crippen molar-refractivity contribution in [1.29, 1.82) is 0 Å². The highest BCUT2D eigenvalue weighted by atomic mass is 15.0. The minimum atomic E-state index is 0.220. The van der Waals surface area contributed by atoms with Crippen LogP contribution in [0.1, 0.15) is 73.3 Å². The van der Waals surface area contributed by atoms with E-state index in [2.05, 4.69) is 84.6 Å². The zero-order chi connectivity index (χ0) is 19.4. The standard InChI is InChI=1S/C24H37N/c1-11-12-21-19(6)25(23(18(4)5)14-13-17(2)3)20(7)22(21)15-16-24(8,9)10/h12,15,23H,2,4,6-7,11,13-14,16H2,1,3,5,8-10H3/b21-12-,22-15-. The summed E-state index contributed by atoms with van der Waals surface area (Å²) in [5, 5.41) is 4.59. The molecule has 0 N–H and O–H groups in total. The van der Waals surface area contributed by atoms with Gasteiger partial charge in [-0.25, -0.2) is 0 Å². The minimum Gasteiger partial charge on any atom is -0.334 e. The van der Waals surface area contributed by atoms with Crippen molar-refractivity contribution < 1.29 is 0 Å². The van der Waals surface area contributed by atoms with Gasteiger partial charge in [-0.3, -0.25) is 0 Å². The van der Waals surface area contributed by atoms with Crippen molar-refractivity contribution in [1.82, 2.24) is 4.57 Å². The molecule has 0 saturated carbocycles. The van der Waals surface area contributed by atoms with Gasteiger partial charge in [0.1, 0.15) is 0 Å². The lowest BCUT2D eigenvalue weighted by Crippen LogP contribution is -2.36. The maximum absolute atomic E-state index is 4.42. The van der Waals surface area contributed by atoms with Crippen molar-refractivity contribution in [2.75, 3.05) is 0 Å². The van der Waals surface area contributed by atoms with Crippen LogP contribution in [0, 0.1) is 5.41 Å². The fraction of sp³-hybridized carbons (Fsp3) is 0.500. The predicted octanol–water partition coefficient (Wildman–Crippen LogP) is 4.19. The third-order valence-electron chi connectivity index (χ3n) is 4.55. The molecule has 1 heteroatoms. The summed E-state index contributed by atoms with van der Waals surface area (Å²) in [5.74, 6) is 0. The molecule has 1 rings (SSSR count). The molecule has 0 aliphatic heterocycles. The molecule has 1 aromatic heterocycles. The van der Waals surface area contributed by atoms with E-state index in [9.17, 15) is 0 Å². The fourth-order valence-electron chi connectivity index (χ4n) is 3.16. The smallest absolute Gasteiger partial charge is 0.0549 e. The van der Waals surface area contributed by atoms with Gasteiger partial charge in [-0.1, -0.05) is 70.7 Å². The molecule has 1 aromatic rings. The molecular weight excluding hydrogens is 302 g/mol. The molecule has 1 heterocycles. The molecule has 0 radical (unpaired) electrons. The van der Waals surface area contributed by atoms with Crippen LogP contribution < -0.4 is 21.1 Å². The molecule has 0 amide bonds. The maximum Gasteiger partial charge on any atom is 0.0549 e. The summed E-state index contributed by atoms with van der Waals surface area (Å²) in [6, 6.07) is 0.220. The van der Waals surface area contributed by atoms with Crippen LogP contribution in [0.3, 0.4) is 0 Å². The van der Waals surface area contributed by atoms with Crippen LogP contribution in [-0.4, -0.2) is 4.57 Å². The summed E-state index contributed by atoms with van der Waals surface area (Å²) in [5.41, 5.74) is 2.61. The highest BCUT2D eigenvalue weighted by molar-refractivity contribution is 5.35. The summed E-state index contributed by atoms with van der Waals surface area (Å²) >= 11 is 0. The molecule has 138 valence electrons. The number of hydrogen-bond acceptors (Lipinski definition) is 0. The molecule has 1 atom stereocenters. The lowest BCUT2D eigenvalue weighted by Gasteiger charge is -2.20. The first-order chi connectivity index (χ1) is 11.5. The molecule has 0 spiro atoms. The van der Waals surface area contributed by atoms with E-state index in [1.54, 1.807) is 0 Å². The average molecular weight is 340 g/mol. The average Bonchev–Trinajstić information content (AvgIpc) is 2.69. The van der Waals surface area contributed by atoms with Crippen molar-refractivity contribution in [2.45, 2.75) is 73.3 Å². The van der Waals surface area contributed by atoms with Crippen LogP contribution in [0.15, 0.2) is 24.3 Å². The quantitative estimate of drug-likeness (QED) is 0.657. The van der Waals surface area contributed by atoms with Gasteiger partial charge in [-0.2, -0.15) is 0 Å². The minimum absolute atomic E-state index is 0.220. The van der Waals surface area contributed by atoms with E-state index in [1.165, 1.54) is 16.0 Å². The monoisotopic (exact) mass is 339 g/mol. The topological polar surface area (TPSA) is 4.93 Å². The van der Waals surface area contributed by atoms with Gasteiger partial charge in [-0.05, 0) is 44.9 Å². The second-order valence-electron chi connectivity index (χ2n) is 8.53. The third kappa shape index (κ3) is 5.63. The van der Waals surface area contributed by atoms with Crippen molar-refractivity contribution in [3.63, 3.8) is 0 Å². The van der Waals surface area contributed by atoms with Crippen molar-refractivity contribution in [3.8, 4) is 0 Å². The van der Waals surface area contributed by atoms with Crippen LogP contribution in [-0.2, 0) is 0 Å². The van der Waals surface area contributed by atoms with Gasteiger partial charge in [0.2, 0.25) is 0 Å². The van der Waals surface area contributed by atoms with E-state index in [0.717, 1.165) is 42.0 Å². The van der Waals surface area contributed by atoms with Gasteiger partial charge in [0, 0.05) is 21.1 Å². The number of rotatable bonds is 7. The molecular formula is C24H37N. The molecule has 0 bridgehead atoms. The molecule has 0 aliphatic rings. The number of hydrogen-bond donors (Lipinski definition) is 0. The van der Waals surface area contributed by atoms with Crippen LogP contribution in [0.2, 0.25) is 0 Å². The lowest BCUT2D eigenvalue weighted by molar-refractivity contribution is 0.431. The summed E-state index contributed by atoms with van der Waals surface area (Å²) < 4.78 is 2.29. The van der Waals surface area contributed by atoms with E-state index in [-0.39, 0.29) is 11.5 Å². The van der Waals surface area contributed by atoms with E-state index in [0.29, 0.717) is 0 Å². The lowest BCUT2D eigenvalue weighted by atomic mass is 9.92. The van der Waals surface area contributed by atoms with Crippen LogP contribution in [0.25, 0.3) is 25.3 Å². The van der Waals surface area contributed by atoms with E-state index < -0.39 is 0 Å². The van der Waals surface area contributed by atoms with Crippen molar-refractivity contribution >= 4 is 25.3 Å². The summed E-state index contributed by atoms with van der Waals surface area (Å²) in [7, 11) is 0. The Morgan fingerprint density at radius 2 is 1.56 bits per heavy atom. The number of allylic oxidation sites excluding steroid dienone is 2. The highest BCUT2D eigenvalue weighted by Crippen LogP contribution is 2.20. The van der Waals surface area contributed by atoms with Gasteiger partial charge in [0.05, 0.1) is 6.04 Å². The first-order valence-corrected chi connectivity index (χ1v) is 9.37. The van der Waals surface area contributed by atoms with Crippen molar-refractivity contribution in [3.05, 3.63) is 45.4 Å². The first-order valence-electron chi connectivity index (χ1n) is 9.37. The van der Waals surface area contributed by atoms with Crippen LogP contribution in [0.4, 0.5) is 0 Å².